The van der Waals surface area contributed by atoms with E-state index < -0.39 is 5.91 Å². The standard InChI is InChI=1S/C17H14N2O2/c1-21-15-8-4-6-13(17(18)20)16(15)12-9-10-19-14-7-3-2-5-11(12)14/h2-10H,1H3,(H2,18,20). The molecule has 0 radical (unpaired) electrons. The number of para-hydroxylation sites is 1. The fourth-order valence-electron chi connectivity index (χ4n) is 2.50. The zero-order chi connectivity index (χ0) is 14.8. The smallest absolute Gasteiger partial charge is 0.249 e. The molecule has 21 heavy (non-hydrogen) atoms. The van der Waals surface area contributed by atoms with Gasteiger partial charge in [0.15, 0.2) is 0 Å². The molecule has 0 unspecified atom stereocenters. The van der Waals surface area contributed by atoms with Gasteiger partial charge in [-0.25, -0.2) is 0 Å². The second-order valence-corrected chi connectivity index (χ2v) is 4.62. The zero-order valence-electron chi connectivity index (χ0n) is 11.5. The molecule has 4 heteroatoms. The first-order chi connectivity index (χ1) is 10.2. The van der Waals surface area contributed by atoms with Gasteiger partial charge < -0.3 is 10.5 Å². The predicted molar refractivity (Wildman–Crippen MR) is 82.2 cm³/mol. The van der Waals surface area contributed by atoms with Crippen molar-refractivity contribution in [1.82, 2.24) is 4.98 Å². The van der Waals surface area contributed by atoms with Gasteiger partial charge in [-0.3, -0.25) is 9.78 Å². The average molecular weight is 278 g/mol. The van der Waals surface area contributed by atoms with Crippen LogP contribution >= 0.6 is 0 Å². The Labute approximate surface area is 122 Å². The fourth-order valence-corrected chi connectivity index (χ4v) is 2.50. The van der Waals surface area contributed by atoms with Gasteiger partial charge in [-0.05, 0) is 29.8 Å². The first kappa shape index (κ1) is 13.1. The van der Waals surface area contributed by atoms with Crippen molar-refractivity contribution in [1.29, 1.82) is 0 Å². The molecule has 2 N–H and O–H groups in total. The predicted octanol–water partition coefficient (Wildman–Crippen LogP) is 3.01. The Bertz CT molecular complexity index is 823. The second-order valence-electron chi connectivity index (χ2n) is 4.62. The van der Waals surface area contributed by atoms with Crippen LogP contribution in [-0.2, 0) is 0 Å². The van der Waals surface area contributed by atoms with Crippen molar-refractivity contribution in [2.24, 2.45) is 5.73 Å². The highest BCUT2D eigenvalue weighted by Crippen LogP contribution is 2.36. The Morgan fingerprint density at radius 1 is 1.10 bits per heavy atom. The van der Waals surface area contributed by atoms with Crippen molar-refractivity contribution in [3.8, 4) is 16.9 Å². The lowest BCUT2D eigenvalue weighted by Crippen LogP contribution is -2.13. The molecule has 3 aromatic rings. The molecule has 104 valence electrons. The summed E-state index contributed by atoms with van der Waals surface area (Å²) in [7, 11) is 1.58. The van der Waals surface area contributed by atoms with Crippen LogP contribution in [0.1, 0.15) is 10.4 Å². The molecule has 0 aliphatic heterocycles. The van der Waals surface area contributed by atoms with Gasteiger partial charge in [0.05, 0.1) is 18.2 Å². The average Bonchev–Trinajstić information content (AvgIpc) is 2.53. The number of ether oxygens (including phenoxy) is 1. The van der Waals surface area contributed by atoms with Crippen LogP contribution in [0.4, 0.5) is 0 Å². The van der Waals surface area contributed by atoms with Crippen molar-refractivity contribution in [2.45, 2.75) is 0 Å². The number of nitrogens with two attached hydrogens (primary N) is 1. The number of hydrogen-bond donors (Lipinski definition) is 1. The fraction of sp³-hybridized carbons (Fsp3) is 0.0588. The molecular formula is C17H14N2O2. The number of rotatable bonds is 3. The van der Waals surface area contributed by atoms with E-state index in [1.807, 2.05) is 36.4 Å². The molecule has 3 rings (SSSR count). The number of nitrogens with zero attached hydrogens (tertiary/aromatic N) is 1. The Morgan fingerprint density at radius 3 is 2.67 bits per heavy atom. The van der Waals surface area contributed by atoms with Crippen LogP contribution in [0, 0.1) is 0 Å². The highest BCUT2D eigenvalue weighted by Gasteiger charge is 2.17. The molecule has 2 aromatic carbocycles. The highest BCUT2D eigenvalue weighted by atomic mass is 16.5. The van der Waals surface area contributed by atoms with Crippen LogP contribution in [0.15, 0.2) is 54.7 Å². The quantitative estimate of drug-likeness (QED) is 0.801. The Hall–Kier alpha value is -2.88. The van der Waals surface area contributed by atoms with E-state index in [1.54, 1.807) is 25.4 Å². The van der Waals surface area contributed by atoms with Gasteiger partial charge in [0.2, 0.25) is 5.91 Å². The minimum absolute atomic E-state index is 0.436. The lowest BCUT2D eigenvalue weighted by Gasteiger charge is -2.14. The molecule has 0 saturated heterocycles. The maximum Gasteiger partial charge on any atom is 0.249 e. The van der Waals surface area contributed by atoms with Crippen LogP contribution in [0.3, 0.4) is 0 Å². The van der Waals surface area contributed by atoms with Gasteiger partial charge in [-0.1, -0.05) is 24.3 Å². The molecular weight excluding hydrogens is 264 g/mol. The van der Waals surface area contributed by atoms with E-state index in [2.05, 4.69) is 4.98 Å². The maximum atomic E-state index is 11.8. The van der Waals surface area contributed by atoms with Crippen molar-refractivity contribution in [2.75, 3.05) is 7.11 Å². The van der Waals surface area contributed by atoms with Gasteiger partial charge >= 0.3 is 0 Å². The van der Waals surface area contributed by atoms with Gasteiger partial charge in [0.25, 0.3) is 0 Å². The lowest BCUT2D eigenvalue weighted by atomic mass is 9.95. The minimum Gasteiger partial charge on any atom is -0.496 e. The van der Waals surface area contributed by atoms with Gasteiger partial charge in [-0.15, -0.1) is 0 Å². The van der Waals surface area contributed by atoms with Crippen molar-refractivity contribution >= 4 is 16.8 Å². The summed E-state index contributed by atoms with van der Waals surface area (Å²) in [6.45, 7) is 0. The van der Waals surface area contributed by atoms with Gasteiger partial charge in [0.1, 0.15) is 5.75 Å². The minimum atomic E-state index is -0.482. The third kappa shape index (κ3) is 2.21. The van der Waals surface area contributed by atoms with Crippen LogP contribution in [0.5, 0.6) is 5.75 Å². The number of carbonyl (C=O) groups excluding carboxylic acids is 1. The number of benzene rings is 2. The Morgan fingerprint density at radius 2 is 1.90 bits per heavy atom. The number of methoxy groups -OCH3 is 1. The molecule has 0 spiro atoms. The molecule has 0 saturated carbocycles. The van der Waals surface area contributed by atoms with E-state index in [1.165, 1.54) is 0 Å². The van der Waals surface area contributed by atoms with E-state index in [0.29, 0.717) is 16.9 Å². The van der Waals surface area contributed by atoms with Gasteiger partial charge in [0, 0.05) is 17.1 Å². The van der Waals surface area contributed by atoms with E-state index >= 15 is 0 Å². The molecule has 0 fully saturated rings. The number of amides is 1. The SMILES string of the molecule is COc1cccc(C(N)=O)c1-c1ccnc2ccccc12. The molecule has 1 aromatic heterocycles. The number of hydrogen-bond acceptors (Lipinski definition) is 3. The van der Waals surface area contributed by atoms with E-state index in [4.69, 9.17) is 10.5 Å². The summed E-state index contributed by atoms with van der Waals surface area (Å²) >= 11 is 0. The summed E-state index contributed by atoms with van der Waals surface area (Å²) in [5, 5.41) is 0.951. The number of pyridine rings is 1. The summed E-state index contributed by atoms with van der Waals surface area (Å²) in [5.74, 6) is 0.132. The molecule has 1 amide bonds. The van der Waals surface area contributed by atoms with E-state index in [0.717, 1.165) is 16.5 Å². The summed E-state index contributed by atoms with van der Waals surface area (Å²) in [4.78, 5) is 16.1. The molecule has 1 heterocycles. The normalized spacial score (nSPS) is 10.5. The van der Waals surface area contributed by atoms with Crippen LogP contribution in [0.2, 0.25) is 0 Å². The lowest BCUT2D eigenvalue weighted by molar-refractivity contribution is 0.100. The number of carbonyl (C=O) groups is 1. The monoisotopic (exact) mass is 278 g/mol. The summed E-state index contributed by atoms with van der Waals surface area (Å²) < 4.78 is 5.41. The highest BCUT2D eigenvalue weighted by molar-refractivity contribution is 6.06. The molecule has 0 aliphatic carbocycles. The molecule has 4 nitrogen and oxygen atoms in total. The maximum absolute atomic E-state index is 11.8. The largest absolute Gasteiger partial charge is 0.496 e. The summed E-state index contributed by atoms with van der Waals surface area (Å²) in [5.41, 5.74) is 8.38. The van der Waals surface area contributed by atoms with E-state index in [9.17, 15) is 4.79 Å². The number of fused-ring (bicyclic) bond motifs is 1. The topological polar surface area (TPSA) is 65.2 Å². The molecule has 0 aliphatic rings. The third-order valence-corrected chi connectivity index (χ3v) is 3.43. The molecule has 0 bridgehead atoms. The van der Waals surface area contributed by atoms with Crippen LogP contribution < -0.4 is 10.5 Å². The number of aromatic nitrogens is 1. The van der Waals surface area contributed by atoms with Gasteiger partial charge in [-0.2, -0.15) is 0 Å². The van der Waals surface area contributed by atoms with Crippen LogP contribution in [-0.4, -0.2) is 18.0 Å². The van der Waals surface area contributed by atoms with E-state index in [-0.39, 0.29) is 0 Å². The van der Waals surface area contributed by atoms with Crippen molar-refractivity contribution < 1.29 is 9.53 Å². The first-order valence-corrected chi connectivity index (χ1v) is 6.53. The Balaban J connectivity index is 2.40. The van der Waals surface area contributed by atoms with Crippen LogP contribution in [0.25, 0.3) is 22.0 Å². The third-order valence-electron chi connectivity index (χ3n) is 3.43. The zero-order valence-corrected chi connectivity index (χ0v) is 11.5. The molecule has 0 atom stereocenters. The summed E-state index contributed by atoms with van der Waals surface area (Å²) in [6, 6.07) is 14.9. The van der Waals surface area contributed by atoms with Crippen molar-refractivity contribution in [3.63, 3.8) is 0 Å². The first-order valence-electron chi connectivity index (χ1n) is 6.53. The number of primary amides is 1. The second kappa shape index (κ2) is 5.25. The summed E-state index contributed by atoms with van der Waals surface area (Å²) in [6.07, 6.45) is 1.72. The van der Waals surface area contributed by atoms with Crippen molar-refractivity contribution in [3.05, 3.63) is 60.3 Å². The Kier molecular flexibility index (Phi) is 3.28.